The lowest BCUT2D eigenvalue weighted by Crippen LogP contribution is -2.60. The SMILES string of the molecule is CCCCCC/C=C/C=C/CCCCCCCC(=O)OC[C@H](CO[C@H]1O[C@H](CS(=O)(=O)O)[C@@H](O)C(O)C1O)OC(=O)CCCCC/C=C/CCCCCCCC. The van der Waals surface area contributed by atoms with Gasteiger partial charge in [-0.05, 0) is 64.2 Å². The van der Waals surface area contributed by atoms with Crippen LogP contribution in [0, 0.1) is 0 Å². The first-order valence-corrected chi connectivity index (χ1v) is 23.2. The average molecular weight is 817 g/mol. The molecule has 2 unspecified atom stereocenters. The number of carbonyl (C=O) groups is 2. The maximum absolute atomic E-state index is 12.8. The molecule has 6 atom stereocenters. The Labute approximate surface area is 338 Å². The first kappa shape index (κ1) is 51.9. The summed E-state index contributed by atoms with van der Waals surface area (Å²) < 4.78 is 53.9. The Hall–Kier alpha value is -2.13. The number of hydrogen-bond donors (Lipinski definition) is 4. The Morgan fingerprint density at radius 3 is 1.62 bits per heavy atom. The number of unbranched alkanes of at least 4 members (excludes halogenated alkanes) is 18. The van der Waals surface area contributed by atoms with E-state index in [0.29, 0.717) is 12.8 Å². The molecule has 0 amide bonds. The van der Waals surface area contributed by atoms with E-state index in [0.717, 1.165) is 64.2 Å². The fourth-order valence-electron chi connectivity index (χ4n) is 6.31. The standard InChI is InChI=1S/C43H76O12S/c1-3-5-7-9-11-13-15-17-18-20-21-23-25-27-29-31-38(44)52-33-36(34-53-43-42(48)41(47)40(46)37(55-43)35-56(49,50)51)54-39(45)32-30-28-26-24-22-19-16-14-12-10-8-6-4-2/h13,15,17-19,22,36-37,40-43,46-48H,3-12,14,16,20-21,23-35H2,1-2H3,(H,49,50,51)/b15-13+,18-17+,22-19+/t36-,37-,40-,41?,42?,43+/m1/s1. The number of rotatable bonds is 35. The second-order valence-corrected chi connectivity index (χ2v) is 16.5. The Bertz CT molecular complexity index is 1190. The summed E-state index contributed by atoms with van der Waals surface area (Å²) in [7, 11) is -4.60. The molecular formula is C43H76O12S. The van der Waals surface area contributed by atoms with Crippen molar-refractivity contribution in [1.29, 1.82) is 0 Å². The van der Waals surface area contributed by atoms with E-state index < -0.39 is 71.2 Å². The van der Waals surface area contributed by atoms with Crippen molar-refractivity contribution in [3.63, 3.8) is 0 Å². The molecule has 0 aliphatic carbocycles. The van der Waals surface area contributed by atoms with Gasteiger partial charge in [-0.2, -0.15) is 8.42 Å². The molecule has 0 aromatic rings. The van der Waals surface area contributed by atoms with Crippen LogP contribution in [0.4, 0.5) is 0 Å². The summed E-state index contributed by atoms with van der Waals surface area (Å²) in [6.07, 6.45) is 27.6. The minimum absolute atomic E-state index is 0.140. The second-order valence-electron chi connectivity index (χ2n) is 15.0. The van der Waals surface area contributed by atoms with Gasteiger partial charge in [-0.15, -0.1) is 0 Å². The number of aliphatic hydroxyl groups is 3. The highest BCUT2D eigenvalue weighted by Gasteiger charge is 2.46. The molecule has 326 valence electrons. The van der Waals surface area contributed by atoms with Crippen LogP contribution in [-0.4, -0.2) is 96.0 Å². The first-order valence-electron chi connectivity index (χ1n) is 21.6. The zero-order chi connectivity index (χ0) is 41.3. The highest BCUT2D eigenvalue weighted by atomic mass is 32.2. The molecule has 1 aliphatic rings. The third kappa shape index (κ3) is 28.3. The van der Waals surface area contributed by atoms with Crippen molar-refractivity contribution in [1.82, 2.24) is 0 Å². The van der Waals surface area contributed by atoms with Crippen LogP contribution in [0.3, 0.4) is 0 Å². The van der Waals surface area contributed by atoms with E-state index in [9.17, 15) is 37.9 Å². The van der Waals surface area contributed by atoms with Crippen LogP contribution in [0.2, 0.25) is 0 Å². The van der Waals surface area contributed by atoms with Crippen molar-refractivity contribution < 1.29 is 56.8 Å². The van der Waals surface area contributed by atoms with E-state index in [2.05, 4.69) is 50.3 Å². The molecule has 0 aromatic heterocycles. The van der Waals surface area contributed by atoms with Crippen LogP contribution in [0.5, 0.6) is 0 Å². The molecular weight excluding hydrogens is 741 g/mol. The van der Waals surface area contributed by atoms with E-state index in [1.54, 1.807) is 0 Å². The average Bonchev–Trinajstić information content (AvgIpc) is 3.16. The summed E-state index contributed by atoms with van der Waals surface area (Å²) in [5, 5.41) is 30.8. The van der Waals surface area contributed by atoms with Gasteiger partial charge in [-0.3, -0.25) is 14.1 Å². The van der Waals surface area contributed by atoms with Crippen LogP contribution in [0.25, 0.3) is 0 Å². The summed E-state index contributed by atoms with van der Waals surface area (Å²) in [5.74, 6) is -2.02. The van der Waals surface area contributed by atoms with Crippen LogP contribution in [-0.2, 0) is 38.7 Å². The first-order chi connectivity index (χ1) is 27.0. The van der Waals surface area contributed by atoms with Crippen molar-refractivity contribution in [2.75, 3.05) is 19.0 Å². The quantitative estimate of drug-likeness (QED) is 0.0158. The fourth-order valence-corrected chi connectivity index (χ4v) is 7.00. The number of aliphatic hydroxyl groups excluding tert-OH is 3. The van der Waals surface area contributed by atoms with Crippen LogP contribution < -0.4 is 0 Å². The molecule has 1 fully saturated rings. The summed E-state index contributed by atoms with van der Waals surface area (Å²) in [6, 6.07) is 0. The molecule has 1 rings (SSSR count). The van der Waals surface area contributed by atoms with Crippen molar-refractivity contribution in [2.45, 2.75) is 205 Å². The van der Waals surface area contributed by atoms with Gasteiger partial charge in [0, 0.05) is 12.8 Å². The van der Waals surface area contributed by atoms with Crippen molar-refractivity contribution in [3.05, 3.63) is 36.5 Å². The van der Waals surface area contributed by atoms with Crippen LogP contribution in [0.15, 0.2) is 36.5 Å². The molecule has 0 bridgehead atoms. The van der Waals surface area contributed by atoms with Crippen molar-refractivity contribution in [3.8, 4) is 0 Å². The number of carbonyl (C=O) groups excluding carboxylic acids is 2. The summed E-state index contributed by atoms with van der Waals surface area (Å²) in [5.41, 5.74) is 0. The molecule has 56 heavy (non-hydrogen) atoms. The number of allylic oxidation sites excluding steroid dienone is 6. The smallest absolute Gasteiger partial charge is 0.306 e. The number of hydrogen-bond acceptors (Lipinski definition) is 11. The van der Waals surface area contributed by atoms with Gasteiger partial charge in [0.05, 0.1) is 6.61 Å². The summed E-state index contributed by atoms with van der Waals surface area (Å²) in [6.45, 7) is 3.69. The van der Waals surface area contributed by atoms with Gasteiger partial charge in [0.25, 0.3) is 10.1 Å². The molecule has 0 radical (unpaired) electrons. The highest BCUT2D eigenvalue weighted by molar-refractivity contribution is 7.85. The lowest BCUT2D eigenvalue weighted by atomic mass is 10.00. The number of esters is 2. The van der Waals surface area contributed by atoms with Crippen LogP contribution in [0.1, 0.15) is 168 Å². The van der Waals surface area contributed by atoms with Gasteiger partial charge < -0.3 is 34.3 Å². The highest BCUT2D eigenvalue weighted by Crippen LogP contribution is 2.24. The summed E-state index contributed by atoms with van der Waals surface area (Å²) in [4.78, 5) is 25.3. The normalized spacial score (nSPS) is 21.0. The molecule has 0 spiro atoms. The van der Waals surface area contributed by atoms with Gasteiger partial charge in [0.2, 0.25) is 0 Å². The van der Waals surface area contributed by atoms with E-state index in [1.807, 2.05) is 0 Å². The molecule has 4 N–H and O–H groups in total. The minimum Gasteiger partial charge on any atom is -0.462 e. The molecule has 13 heteroatoms. The van der Waals surface area contributed by atoms with Crippen molar-refractivity contribution in [2.24, 2.45) is 0 Å². The second kappa shape index (κ2) is 33.8. The third-order valence-electron chi connectivity index (χ3n) is 9.72. The molecule has 12 nitrogen and oxygen atoms in total. The predicted molar refractivity (Wildman–Crippen MR) is 219 cm³/mol. The maximum Gasteiger partial charge on any atom is 0.306 e. The molecule has 0 saturated carbocycles. The predicted octanol–water partition coefficient (Wildman–Crippen LogP) is 8.22. The van der Waals surface area contributed by atoms with Gasteiger partial charge in [-0.1, -0.05) is 127 Å². The Morgan fingerprint density at radius 1 is 0.607 bits per heavy atom. The zero-order valence-electron chi connectivity index (χ0n) is 34.5. The topological polar surface area (TPSA) is 186 Å². The lowest BCUT2D eigenvalue weighted by molar-refractivity contribution is -0.297. The molecule has 1 saturated heterocycles. The van der Waals surface area contributed by atoms with Crippen molar-refractivity contribution >= 4 is 22.1 Å². The van der Waals surface area contributed by atoms with Gasteiger partial charge in [-0.25, -0.2) is 0 Å². The zero-order valence-corrected chi connectivity index (χ0v) is 35.3. The fraction of sp³-hybridized carbons (Fsp3) is 0.814. The molecule has 1 heterocycles. The van der Waals surface area contributed by atoms with Gasteiger partial charge in [0.15, 0.2) is 12.4 Å². The monoisotopic (exact) mass is 817 g/mol. The Balaban J connectivity index is 2.50. The summed E-state index contributed by atoms with van der Waals surface area (Å²) >= 11 is 0. The van der Waals surface area contributed by atoms with E-state index >= 15 is 0 Å². The van der Waals surface area contributed by atoms with Gasteiger partial charge >= 0.3 is 11.9 Å². The Morgan fingerprint density at radius 2 is 1.07 bits per heavy atom. The van der Waals surface area contributed by atoms with E-state index in [1.165, 1.54) is 64.2 Å². The van der Waals surface area contributed by atoms with Gasteiger partial charge in [0.1, 0.15) is 36.8 Å². The minimum atomic E-state index is -4.60. The molecule has 0 aromatic carbocycles. The lowest BCUT2D eigenvalue weighted by Gasteiger charge is -2.40. The maximum atomic E-state index is 12.8. The van der Waals surface area contributed by atoms with E-state index in [-0.39, 0.29) is 19.4 Å². The third-order valence-corrected chi connectivity index (χ3v) is 10.5. The van der Waals surface area contributed by atoms with Crippen LogP contribution >= 0.6 is 0 Å². The Kier molecular flexibility index (Phi) is 31.3. The van der Waals surface area contributed by atoms with E-state index in [4.69, 9.17) is 18.9 Å². The largest absolute Gasteiger partial charge is 0.462 e. The molecule has 1 aliphatic heterocycles. The number of ether oxygens (including phenoxy) is 4.